The Balaban J connectivity index is 1.75. The topological polar surface area (TPSA) is 75.7 Å². The second-order valence-corrected chi connectivity index (χ2v) is 9.25. The van der Waals surface area contributed by atoms with Crippen LogP contribution < -0.4 is 9.62 Å². The van der Waals surface area contributed by atoms with Crippen molar-refractivity contribution in [1.82, 2.24) is 5.32 Å². The molecule has 1 aliphatic heterocycles. The van der Waals surface area contributed by atoms with Gasteiger partial charge in [-0.05, 0) is 55.3 Å². The van der Waals surface area contributed by atoms with Crippen LogP contribution in [-0.2, 0) is 14.8 Å². The van der Waals surface area contributed by atoms with E-state index >= 15 is 0 Å². The Morgan fingerprint density at radius 2 is 1.93 bits per heavy atom. The SMILES string of the molecule is CN(c1ccc(C(=O)NC[C@H]2CCCO2)c(Cl)c1)S(=O)(=O)c1ccc(Cl)cc1. The number of amides is 1. The minimum absolute atomic E-state index is 0.0256. The third-order valence-corrected chi connectivity index (χ3v) is 6.91. The van der Waals surface area contributed by atoms with Crippen molar-refractivity contribution in [2.45, 2.75) is 23.8 Å². The molecular weight excluding hydrogens is 423 g/mol. The van der Waals surface area contributed by atoms with E-state index < -0.39 is 10.0 Å². The summed E-state index contributed by atoms with van der Waals surface area (Å²) in [5.41, 5.74) is 0.622. The summed E-state index contributed by atoms with van der Waals surface area (Å²) in [6.45, 7) is 1.13. The van der Waals surface area contributed by atoms with Crippen LogP contribution in [0.25, 0.3) is 0 Å². The molecule has 9 heteroatoms. The maximum Gasteiger partial charge on any atom is 0.264 e. The number of rotatable bonds is 6. The van der Waals surface area contributed by atoms with Crippen LogP contribution in [0.4, 0.5) is 5.69 Å². The van der Waals surface area contributed by atoms with Gasteiger partial charge in [0.1, 0.15) is 0 Å². The predicted octanol–water partition coefficient (Wildman–Crippen LogP) is 3.73. The van der Waals surface area contributed by atoms with Crippen LogP contribution in [0, 0.1) is 0 Å². The highest BCUT2D eigenvalue weighted by Crippen LogP contribution is 2.27. The molecule has 0 spiro atoms. The van der Waals surface area contributed by atoms with E-state index in [0.717, 1.165) is 17.1 Å². The summed E-state index contributed by atoms with van der Waals surface area (Å²) in [6.07, 6.45) is 1.93. The summed E-state index contributed by atoms with van der Waals surface area (Å²) in [4.78, 5) is 12.5. The first kappa shape index (κ1) is 20.9. The molecule has 1 atom stereocenters. The van der Waals surface area contributed by atoms with Crippen molar-refractivity contribution in [2.24, 2.45) is 0 Å². The second kappa shape index (κ2) is 8.69. The average Bonchev–Trinajstić information content (AvgIpc) is 3.19. The number of hydrogen-bond donors (Lipinski definition) is 1. The number of halogens is 2. The molecule has 1 aliphatic rings. The molecule has 0 aromatic heterocycles. The minimum atomic E-state index is -3.78. The zero-order chi connectivity index (χ0) is 20.3. The molecule has 1 fully saturated rings. The van der Waals surface area contributed by atoms with Crippen molar-refractivity contribution in [3.05, 3.63) is 58.1 Å². The van der Waals surface area contributed by atoms with Gasteiger partial charge in [-0.25, -0.2) is 8.42 Å². The highest BCUT2D eigenvalue weighted by molar-refractivity contribution is 7.92. The van der Waals surface area contributed by atoms with E-state index in [0.29, 0.717) is 23.9 Å². The quantitative estimate of drug-likeness (QED) is 0.739. The van der Waals surface area contributed by atoms with E-state index in [2.05, 4.69) is 5.32 Å². The Hall–Kier alpha value is -1.80. The van der Waals surface area contributed by atoms with E-state index in [1.54, 1.807) is 6.07 Å². The third-order valence-electron chi connectivity index (χ3n) is 4.55. The van der Waals surface area contributed by atoms with Gasteiger partial charge in [0.05, 0.1) is 27.3 Å². The van der Waals surface area contributed by atoms with E-state index in [1.165, 1.54) is 43.4 Å². The lowest BCUT2D eigenvalue weighted by molar-refractivity contribution is 0.0858. The highest BCUT2D eigenvalue weighted by atomic mass is 35.5. The van der Waals surface area contributed by atoms with Gasteiger partial charge in [0.2, 0.25) is 0 Å². The van der Waals surface area contributed by atoms with Crippen molar-refractivity contribution in [2.75, 3.05) is 24.5 Å². The van der Waals surface area contributed by atoms with Gasteiger partial charge >= 0.3 is 0 Å². The van der Waals surface area contributed by atoms with Crippen LogP contribution in [0.2, 0.25) is 10.0 Å². The fourth-order valence-electron chi connectivity index (χ4n) is 2.89. The molecule has 1 saturated heterocycles. The van der Waals surface area contributed by atoms with Gasteiger partial charge in [-0.15, -0.1) is 0 Å². The predicted molar refractivity (Wildman–Crippen MR) is 110 cm³/mol. The van der Waals surface area contributed by atoms with Gasteiger partial charge in [-0.1, -0.05) is 23.2 Å². The van der Waals surface area contributed by atoms with Gasteiger partial charge in [-0.3, -0.25) is 9.10 Å². The van der Waals surface area contributed by atoms with Crippen molar-refractivity contribution < 1.29 is 17.9 Å². The number of anilines is 1. The molecule has 150 valence electrons. The average molecular weight is 443 g/mol. The third kappa shape index (κ3) is 4.60. The number of carbonyl (C=O) groups is 1. The zero-order valence-electron chi connectivity index (χ0n) is 15.2. The minimum Gasteiger partial charge on any atom is -0.376 e. The Bertz CT molecular complexity index is 958. The fourth-order valence-corrected chi connectivity index (χ4v) is 4.47. The first-order valence-corrected chi connectivity index (χ1v) is 10.9. The van der Waals surface area contributed by atoms with Crippen LogP contribution in [-0.4, -0.2) is 40.6 Å². The van der Waals surface area contributed by atoms with E-state index in [9.17, 15) is 13.2 Å². The van der Waals surface area contributed by atoms with Crippen LogP contribution >= 0.6 is 23.2 Å². The van der Waals surface area contributed by atoms with Crippen molar-refractivity contribution >= 4 is 44.8 Å². The normalized spacial score (nSPS) is 16.8. The lowest BCUT2D eigenvalue weighted by Crippen LogP contribution is -2.32. The van der Waals surface area contributed by atoms with Gasteiger partial charge in [0, 0.05) is 25.2 Å². The summed E-state index contributed by atoms with van der Waals surface area (Å²) in [6, 6.07) is 10.4. The number of hydrogen-bond acceptors (Lipinski definition) is 4. The standard InChI is InChI=1S/C19H20Cl2N2O4S/c1-23(28(25,26)16-7-4-13(20)5-8-16)14-6-9-17(18(21)11-14)19(24)22-12-15-3-2-10-27-15/h4-9,11,15H,2-3,10,12H2,1H3,(H,22,24)/t15-/m1/s1. The molecule has 0 aliphatic carbocycles. The number of nitrogens with zero attached hydrogens (tertiary/aromatic N) is 1. The maximum absolute atomic E-state index is 12.8. The van der Waals surface area contributed by atoms with E-state index in [-0.39, 0.29) is 27.5 Å². The van der Waals surface area contributed by atoms with E-state index in [1.807, 2.05) is 0 Å². The number of carbonyl (C=O) groups excluding carboxylic acids is 1. The Kier molecular flexibility index (Phi) is 6.50. The molecule has 2 aromatic rings. The first-order chi connectivity index (χ1) is 13.3. The van der Waals surface area contributed by atoms with Gasteiger partial charge in [0.15, 0.2) is 0 Å². The van der Waals surface area contributed by atoms with Gasteiger partial charge < -0.3 is 10.1 Å². The number of sulfonamides is 1. The zero-order valence-corrected chi connectivity index (χ0v) is 17.5. The monoisotopic (exact) mass is 442 g/mol. The highest BCUT2D eigenvalue weighted by Gasteiger charge is 2.23. The second-order valence-electron chi connectivity index (χ2n) is 6.44. The molecule has 0 bridgehead atoms. The maximum atomic E-state index is 12.8. The van der Waals surface area contributed by atoms with E-state index in [4.69, 9.17) is 27.9 Å². The molecular formula is C19H20Cl2N2O4S. The summed E-state index contributed by atoms with van der Waals surface area (Å²) < 4.78 is 32.1. The molecule has 1 N–H and O–H groups in total. The fraction of sp³-hybridized carbons (Fsp3) is 0.316. The van der Waals surface area contributed by atoms with Crippen LogP contribution in [0.1, 0.15) is 23.2 Å². The molecule has 1 heterocycles. The first-order valence-electron chi connectivity index (χ1n) is 8.73. The summed E-state index contributed by atoms with van der Waals surface area (Å²) >= 11 is 12.1. The molecule has 28 heavy (non-hydrogen) atoms. The lowest BCUT2D eigenvalue weighted by atomic mass is 10.2. The van der Waals surface area contributed by atoms with Crippen LogP contribution in [0.5, 0.6) is 0 Å². The summed E-state index contributed by atoms with van der Waals surface area (Å²) in [5.74, 6) is -0.324. The number of ether oxygens (including phenoxy) is 1. The largest absolute Gasteiger partial charge is 0.376 e. The Labute approximate surface area is 174 Å². The summed E-state index contributed by atoms with van der Waals surface area (Å²) in [5, 5.41) is 3.41. The molecule has 0 radical (unpaired) electrons. The van der Waals surface area contributed by atoms with Crippen molar-refractivity contribution in [3.63, 3.8) is 0 Å². The smallest absolute Gasteiger partial charge is 0.264 e. The van der Waals surface area contributed by atoms with Gasteiger partial charge in [0.25, 0.3) is 15.9 Å². The molecule has 2 aromatic carbocycles. The molecule has 6 nitrogen and oxygen atoms in total. The van der Waals surface area contributed by atoms with Crippen molar-refractivity contribution in [3.8, 4) is 0 Å². The van der Waals surface area contributed by atoms with Crippen molar-refractivity contribution in [1.29, 1.82) is 0 Å². The summed E-state index contributed by atoms with van der Waals surface area (Å²) in [7, 11) is -2.36. The Morgan fingerprint density at radius 3 is 2.54 bits per heavy atom. The molecule has 3 rings (SSSR count). The van der Waals surface area contributed by atoms with Gasteiger partial charge in [-0.2, -0.15) is 0 Å². The molecule has 1 amide bonds. The Morgan fingerprint density at radius 1 is 1.21 bits per heavy atom. The molecule has 0 unspecified atom stereocenters. The number of benzene rings is 2. The number of nitrogens with one attached hydrogen (secondary N) is 1. The van der Waals surface area contributed by atoms with Crippen LogP contribution in [0.3, 0.4) is 0 Å². The van der Waals surface area contributed by atoms with Crippen LogP contribution in [0.15, 0.2) is 47.4 Å². The molecule has 0 saturated carbocycles. The lowest BCUT2D eigenvalue weighted by Gasteiger charge is -2.20.